The lowest BCUT2D eigenvalue weighted by Gasteiger charge is -2.34. The number of amides is 2. The summed E-state index contributed by atoms with van der Waals surface area (Å²) >= 11 is 0. The number of hydrogen-bond acceptors (Lipinski definition) is 5. The van der Waals surface area contributed by atoms with Crippen molar-refractivity contribution in [3.63, 3.8) is 0 Å². The number of benzene rings is 1. The third-order valence-electron chi connectivity index (χ3n) is 7.08. The number of rotatable bonds is 7. The van der Waals surface area contributed by atoms with Crippen molar-refractivity contribution in [2.45, 2.75) is 57.4 Å². The Bertz CT molecular complexity index is 1140. The van der Waals surface area contributed by atoms with Crippen LogP contribution in [0, 0.1) is 0 Å². The summed E-state index contributed by atoms with van der Waals surface area (Å²) < 4.78 is 8.04. The highest BCUT2D eigenvalue weighted by Gasteiger charge is 2.35. The van der Waals surface area contributed by atoms with Crippen molar-refractivity contribution in [1.29, 1.82) is 0 Å². The zero-order valence-electron chi connectivity index (χ0n) is 20.5. The highest BCUT2D eigenvalue weighted by molar-refractivity contribution is 5.96. The fourth-order valence-corrected chi connectivity index (χ4v) is 5.16. The van der Waals surface area contributed by atoms with Crippen molar-refractivity contribution in [1.82, 2.24) is 24.6 Å². The molecule has 1 saturated heterocycles. The number of hydrogen-bond donors (Lipinski definition) is 0. The van der Waals surface area contributed by atoms with Crippen LogP contribution in [0.15, 0.2) is 67.3 Å². The summed E-state index contributed by atoms with van der Waals surface area (Å²) in [5.41, 5.74) is 2.61. The summed E-state index contributed by atoms with van der Waals surface area (Å²) in [5.74, 6) is -0.187. The minimum Gasteiger partial charge on any atom is -0.370 e. The van der Waals surface area contributed by atoms with Gasteiger partial charge in [-0.25, -0.2) is 0 Å². The van der Waals surface area contributed by atoms with E-state index in [1.165, 1.54) is 6.42 Å². The van der Waals surface area contributed by atoms with Gasteiger partial charge >= 0.3 is 0 Å². The second-order valence-electron chi connectivity index (χ2n) is 9.72. The van der Waals surface area contributed by atoms with E-state index in [0.29, 0.717) is 31.8 Å². The first-order chi connectivity index (χ1) is 17.7. The number of carbonyl (C=O) groups is 2. The van der Waals surface area contributed by atoms with E-state index in [-0.39, 0.29) is 30.5 Å². The molecule has 5 rings (SSSR count). The van der Waals surface area contributed by atoms with Crippen LogP contribution in [0.2, 0.25) is 0 Å². The molecular weight excluding hydrogens is 454 g/mol. The molecule has 0 radical (unpaired) electrons. The number of carbonyl (C=O) groups excluding carboxylic acids is 2. The minimum atomic E-state index is -0.269. The maximum Gasteiger partial charge on any atom is 0.257 e. The summed E-state index contributed by atoms with van der Waals surface area (Å²) in [6.45, 7) is 1.93. The molecule has 3 heterocycles. The molecule has 3 aromatic rings. The van der Waals surface area contributed by atoms with E-state index in [4.69, 9.17) is 4.74 Å². The van der Waals surface area contributed by atoms with Crippen LogP contribution in [0.1, 0.15) is 53.6 Å². The Hall–Kier alpha value is -3.52. The molecule has 188 valence electrons. The highest BCUT2D eigenvalue weighted by atomic mass is 16.5. The molecule has 1 atom stereocenters. The molecule has 2 fully saturated rings. The summed E-state index contributed by atoms with van der Waals surface area (Å²) in [6, 6.07) is 14.1. The third kappa shape index (κ3) is 5.99. The van der Waals surface area contributed by atoms with Gasteiger partial charge in [0.2, 0.25) is 5.91 Å². The molecule has 8 nitrogen and oxygen atoms in total. The van der Waals surface area contributed by atoms with Crippen molar-refractivity contribution in [3.05, 3.63) is 83.9 Å². The van der Waals surface area contributed by atoms with Crippen LogP contribution in [0.25, 0.3) is 0 Å². The molecule has 8 heteroatoms. The van der Waals surface area contributed by atoms with Gasteiger partial charge in [0.15, 0.2) is 0 Å². The second-order valence-corrected chi connectivity index (χ2v) is 9.72. The van der Waals surface area contributed by atoms with Gasteiger partial charge in [-0.05, 0) is 36.1 Å². The van der Waals surface area contributed by atoms with Gasteiger partial charge in [0, 0.05) is 37.7 Å². The van der Waals surface area contributed by atoms with E-state index in [0.717, 1.165) is 36.8 Å². The Kier molecular flexibility index (Phi) is 7.71. The highest BCUT2D eigenvalue weighted by Crippen LogP contribution is 2.25. The number of ether oxygens (including phenoxy) is 1. The van der Waals surface area contributed by atoms with Gasteiger partial charge in [-0.15, -0.1) is 0 Å². The van der Waals surface area contributed by atoms with Crippen molar-refractivity contribution in [2.24, 2.45) is 0 Å². The van der Waals surface area contributed by atoms with Gasteiger partial charge in [-0.3, -0.25) is 19.3 Å². The smallest absolute Gasteiger partial charge is 0.257 e. The van der Waals surface area contributed by atoms with Gasteiger partial charge in [-0.2, -0.15) is 5.10 Å². The standard InChI is InChI=1S/C28H33N5O3/c34-27-20-31(28(35)24-15-30-32(17-24)16-22-7-3-1-4-8-22)18-26(36-21-23-11-13-29-14-12-23)19-33(27)25-9-5-2-6-10-25/h1,3-4,7-8,11-15,17,25-26H,2,5-6,9-10,16,18-21H2. The van der Waals surface area contributed by atoms with Gasteiger partial charge in [0.05, 0.1) is 31.0 Å². The quantitative estimate of drug-likeness (QED) is 0.509. The number of aromatic nitrogens is 3. The Morgan fingerprint density at radius 3 is 2.53 bits per heavy atom. The van der Waals surface area contributed by atoms with E-state index in [2.05, 4.69) is 10.1 Å². The Morgan fingerprint density at radius 1 is 0.972 bits per heavy atom. The van der Waals surface area contributed by atoms with Crippen LogP contribution in [-0.4, -0.2) is 68.2 Å². The monoisotopic (exact) mass is 487 g/mol. The van der Waals surface area contributed by atoms with E-state index in [1.54, 1.807) is 34.4 Å². The largest absolute Gasteiger partial charge is 0.370 e. The zero-order chi connectivity index (χ0) is 24.7. The molecule has 1 aromatic carbocycles. The zero-order valence-corrected chi connectivity index (χ0v) is 20.5. The molecular formula is C28H33N5O3. The third-order valence-corrected chi connectivity index (χ3v) is 7.08. The van der Waals surface area contributed by atoms with Gasteiger partial charge in [-0.1, -0.05) is 49.6 Å². The molecule has 0 N–H and O–H groups in total. The molecule has 36 heavy (non-hydrogen) atoms. The summed E-state index contributed by atoms with van der Waals surface area (Å²) in [5, 5.41) is 4.39. The number of pyridine rings is 1. The molecule has 1 aliphatic carbocycles. The summed E-state index contributed by atoms with van der Waals surface area (Å²) in [6.07, 6.45) is 12.1. The molecule has 0 bridgehead atoms. The SMILES string of the molecule is O=C(c1cnn(Cc2ccccc2)c1)N1CC(=O)N(C2CCCCC2)CC(OCc2ccncc2)C1. The first-order valence-electron chi connectivity index (χ1n) is 12.8. The van der Waals surface area contributed by atoms with Gasteiger partial charge in [0.25, 0.3) is 5.91 Å². The average molecular weight is 488 g/mol. The normalized spacial score (nSPS) is 19.3. The lowest BCUT2D eigenvalue weighted by atomic mass is 9.94. The number of nitrogens with zero attached hydrogens (tertiary/aromatic N) is 5. The van der Waals surface area contributed by atoms with Gasteiger partial charge in [0.1, 0.15) is 6.54 Å². The van der Waals surface area contributed by atoms with Crippen LogP contribution in [0.4, 0.5) is 0 Å². The van der Waals surface area contributed by atoms with Crippen molar-refractivity contribution in [3.8, 4) is 0 Å². The van der Waals surface area contributed by atoms with Crippen LogP contribution in [0.5, 0.6) is 0 Å². The molecule has 2 aromatic heterocycles. The summed E-state index contributed by atoms with van der Waals surface area (Å²) in [4.78, 5) is 34.5. The molecule has 2 aliphatic rings. The van der Waals surface area contributed by atoms with E-state index in [1.807, 2.05) is 47.4 Å². The van der Waals surface area contributed by atoms with E-state index in [9.17, 15) is 9.59 Å². The van der Waals surface area contributed by atoms with Crippen molar-refractivity contribution in [2.75, 3.05) is 19.6 Å². The minimum absolute atomic E-state index is 0.00179. The van der Waals surface area contributed by atoms with Crippen molar-refractivity contribution >= 4 is 11.8 Å². The fraction of sp³-hybridized carbons (Fsp3) is 0.429. The molecule has 1 aliphatic heterocycles. The predicted molar refractivity (Wildman–Crippen MR) is 135 cm³/mol. The first-order valence-corrected chi connectivity index (χ1v) is 12.8. The van der Waals surface area contributed by atoms with Crippen LogP contribution < -0.4 is 0 Å². The van der Waals surface area contributed by atoms with Gasteiger partial charge < -0.3 is 14.5 Å². The average Bonchev–Trinajstić information content (AvgIpc) is 3.31. The lowest BCUT2D eigenvalue weighted by molar-refractivity contribution is -0.134. The lowest BCUT2D eigenvalue weighted by Crippen LogP contribution is -2.46. The maximum atomic E-state index is 13.5. The van der Waals surface area contributed by atoms with Crippen LogP contribution in [-0.2, 0) is 22.7 Å². The molecule has 1 saturated carbocycles. The Balaban J connectivity index is 1.31. The second kappa shape index (κ2) is 11.5. The molecule has 0 spiro atoms. The van der Waals surface area contributed by atoms with Crippen LogP contribution in [0.3, 0.4) is 0 Å². The fourth-order valence-electron chi connectivity index (χ4n) is 5.16. The molecule has 1 unspecified atom stereocenters. The maximum absolute atomic E-state index is 13.5. The molecule has 2 amide bonds. The topological polar surface area (TPSA) is 80.6 Å². The van der Waals surface area contributed by atoms with E-state index < -0.39 is 0 Å². The predicted octanol–water partition coefficient (Wildman–Crippen LogP) is 3.53. The Labute approximate surface area is 211 Å². The van der Waals surface area contributed by atoms with E-state index >= 15 is 0 Å². The van der Waals surface area contributed by atoms with Crippen LogP contribution >= 0.6 is 0 Å². The van der Waals surface area contributed by atoms with Crippen molar-refractivity contribution < 1.29 is 14.3 Å². The summed E-state index contributed by atoms with van der Waals surface area (Å²) in [7, 11) is 0. The Morgan fingerprint density at radius 2 is 1.75 bits per heavy atom. The first kappa shape index (κ1) is 24.2.